The number of amides is 1. The minimum absolute atomic E-state index is 0.167. The number of carboxylic acid groups (broad SMARTS) is 1. The third-order valence-electron chi connectivity index (χ3n) is 4.44. The monoisotopic (exact) mass is 289 g/mol. The molecule has 2 atom stereocenters. The van der Waals surface area contributed by atoms with Crippen LogP contribution in [0.3, 0.4) is 0 Å². The zero-order valence-electron chi connectivity index (χ0n) is 12.7. The zero-order chi connectivity index (χ0) is 15.4. The molecule has 1 aliphatic heterocycles. The van der Waals surface area contributed by atoms with Crippen molar-refractivity contribution in [3.8, 4) is 0 Å². The molecular formula is C17H23NO3. The molecule has 2 unspecified atom stereocenters. The van der Waals surface area contributed by atoms with E-state index in [1.54, 1.807) is 12.1 Å². The van der Waals surface area contributed by atoms with E-state index in [0.717, 1.165) is 19.3 Å². The fraction of sp³-hybridized carbons (Fsp3) is 0.529. The van der Waals surface area contributed by atoms with E-state index in [1.165, 1.54) is 10.5 Å². The number of piperidine rings is 1. The first kappa shape index (κ1) is 15.5. The number of likely N-dealkylation sites (tertiary alicyclic amines) is 1. The molecule has 0 saturated carbocycles. The van der Waals surface area contributed by atoms with Crippen molar-refractivity contribution in [3.05, 3.63) is 35.4 Å². The molecule has 21 heavy (non-hydrogen) atoms. The molecule has 1 N–H and O–H groups in total. The van der Waals surface area contributed by atoms with Gasteiger partial charge in [-0.1, -0.05) is 32.4 Å². The van der Waals surface area contributed by atoms with Crippen molar-refractivity contribution in [1.82, 2.24) is 4.90 Å². The summed E-state index contributed by atoms with van der Waals surface area (Å²) in [4.78, 5) is 25.6. The fourth-order valence-corrected chi connectivity index (χ4v) is 2.94. The molecule has 1 aliphatic rings. The van der Waals surface area contributed by atoms with Crippen LogP contribution >= 0.6 is 0 Å². The molecule has 4 heteroatoms. The van der Waals surface area contributed by atoms with E-state index in [4.69, 9.17) is 0 Å². The van der Waals surface area contributed by atoms with Crippen LogP contribution < -0.4 is 0 Å². The fourth-order valence-electron chi connectivity index (χ4n) is 2.94. The van der Waals surface area contributed by atoms with Gasteiger partial charge in [0.25, 0.3) is 5.91 Å². The third-order valence-corrected chi connectivity index (χ3v) is 4.44. The van der Waals surface area contributed by atoms with Crippen molar-refractivity contribution in [1.29, 1.82) is 0 Å². The number of benzene rings is 1. The summed E-state index contributed by atoms with van der Waals surface area (Å²) in [6.07, 6.45) is 3.34. The Balaban J connectivity index is 2.17. The summed E-state index contributed by atoms with van der Waals surface area (Å²) < 4.78 is 0. The van der Waals surface area contributed by atoms with Gasteiger partial charge in [-0.3, -0.25) is 4.79 Å². The van der Waals surface area contributed by atoms with Gasteiger partial charge in [0.15, 0.2) is 0 Å². The molecule has 1 saturated heterocycles. The largest absolute Gasteiger partial charge is 0.480 e. The Morgan fingerprint density at radius 3 is 2.43 bits per heavy atom. The minimum Gasteiger partial charge on any atom is -0.480 e. The summed E-state index contributed by atoms with van der Waals surface area (Å²) in [5.74, 6) is -0.663. The van der Waals surface area contributed by atoms with Gasteiger partial charge in [-0.2, -0.15) is 0 Å². The maximum atomic E-state index is 12.6. The van der Waals surface area contributed by atoms with E-state index in [2.05, 4.69) is 13.8 Å². The predicted molar refractivity (Wildman–Crippen MR) is 81.3 cm³/mol. The summed E-state index contributed by atoms with van der Waals surface area (Å²) in [5, 5.41) is 9.41. The van der Waals surface area contributed by atoms with Gasteiger partial charge < -0.3 is 10.0 Å². The lowest BCUT2D eigenvalue weighted by molar-refractivity contribution is -0.144. The van der Waals surface area contributed by atoms with Gasteiger partial charge in [0, 0.05) is 12.1 Å². The van der Waals surface area contributed by atoms with Gasteiger partial charge in [-0.25, -0.2) is 4.79 Å². The third kappa shape index (κ3) is 3.43. The smallest absolute Gasteiger partial charge is 0.326 e. The van der Waals surface area contributed by atoms with Gasteiger partial charge in [-0.15, -0.1) is 0 Å². The van der Waals surface area contributed by atoms with Gasteiger partial charge >= 0.3 is 5.97 Å². The highest BCUT2D eigenvalue weighted by molar-refractivity contribution is 5.96. The van der Waals surface area contributed by atoms with Crippen molar-refractivity contribution >= 4 is 11.9 Å². The molecule has 4 nitrogen and oxygen atoms in total. The first-order valence-electron chi connectivity index (χ1n) is 7.69. The SMILES string of the molecule is CCc1ccc(C(=O)N2CCC(CC)CC2C(=O)O)cc1. The summed E-state index contributed by atoms with van der Waals surface area (Å²) in [5.41, 5.74) is 1.75. The number of hydrogen-bond acceptors (Lipinski definition) is 2. The van der Waals surface area contributed by atoms with Crippen LogP contribution in [0.5, 0.6) is 0 Å². The highest BCUT2D eigenvalue weighted by Gasteiger charge is 2.35. The number of aliphatic carboxylic acids is 1. The van der Waals surface area contributed by atoms with Gasteiger partial charge in [-0.05, 0) is 42.9 Å². The van der Waals surface area contributed by atoms with Gasteiger partial charge in [0.1, 0.15) is 6.04 Å². The standard InChI is InChI=1S/C17H23NO3/c1-3-12-5-7-14(8-6-12)16(19)18-10-9-13(4-2)11-15(18)17(20)21/h5-8,13,15H,3-4,9-11H2,1-2H3,(H,20,21). The molecule has 1 fully saturated rings. The molecule has 1 aromatic carbocycles. The Kier molecular flexibility index (Phi) is 4.99. The summed E-state index contributed by atoms with van der Waals surface area (Å²) >= 11 is 0. The molecule has 2 rings (SSSR count). The number of hydrogen-bond donors (Lipinski definition) is 1. The Morgan fingerprint density at radius 1 is 1.24 bits per heavy atom. The second-order valence-electron chi connectivity index (χ2n) is 5.70. The van der Waals surface area contributed by atoms with Crippen LogP contribution in [0.1, 0.15) is 49.0 Å². The molecule has 1 heterocycles. The normalized spacial score (nSPS) is 22.1. The molecule has 0 bridgehead atoms. The summed E-state index contributed by atoms with van der Waals surface area (Å²) in [6.45, 7) is 4.67. The highest BCUT2D eigenvalue weighted by Crippen LogP contribution is 2.27. The first-order chi connectivity index (χ1) is 10.1. The molecule has 0 aromatic heterocycles. The number of nitrogens with zero attached hydrogens (tertiary/aromatic N) is 1. The molecule has 0 radical (unpaired) electrons. The van der Waals surface area contributed by atoms with Crippen LogP contribution in [0.15, 0.2) is 24.3 Å². The minimum atomic E-state index is -0.897. The Morgan fingerprint density at radius 2 is 1.90 bits per heavy atom. The summed E-state index contributed by atoms with van der Waals surface area (Å²) in [6, 6.07) is 6.77. The lowest BCUT2D eigenvalue weighted by atomic mass is 9.88. The lowest BCUT2D eigenvalue weighted by Gasteiger charge is -2.37. The van der Waals surface area contributed by atoms with E-state index in [0.29, 0.717) is 24.4 Å². The number of carbonyl (C=O) groups is 2. The van der Waals surface area contributed by atoms with Crippen molar-refractivity contribution < 1.29 is 14.7 Å². The van der Waals surface area contributed by atoms with Crippen molar-refractivity contribution in [3.63, 3.8) is 0 Å². The number of aryl methyl sites for hydroxylation is 1. The van der Waals surface area contributed by atoms with Crippen LogP contribution in [0.2, 0.25) is 0 Å². The predicted octanol–water partition coefficient (Wildman–Crippen LogP) is 2.96. The van der Waals surface area contributed by atoms with E-state index >= 15 is 0 Å². The molecule has 114 valence electrons. The molecule has 0 spiro atoms. The van der Waals surface area contributed by atoms with E-state index in [-0.39, 0.29) is 5.91 Å². The van der Waals surface area contributed by atoms with E-state index in [9.17, 15) is 14.7 Å². The Labute approximate surface area is 125 Å². The Hall–Kier alpha value is -1.84. The average Bonchev–Trinajstić information content (AvgIpc) is 2.53. The van der Waals surface area contributed by atoms with Crippen molar-refractivity contribution in [2.24, 2.45) is 5.92 Å². The van der Waals surface area contributed by atoms with E-state index in [1.807, 2.05) is 12.1 Å². The zero-order valence-corrected chi connectivity index (χ0v) is 12.7. The number of carbonyl (C=O) groups excluding carboxylic acids is 1. The first-order valence-corrected chi connectivity index (χ1v) is 7.69. The van der Waals surface area contributed by atoms with Gasteiger partial charge in [0.2, 0.25) is 0 Å². The second kappa shape index (κ2) is 6.74. The molecule has 1 aromatic rings. The number of rotatable bonds is 4. The van der Waals surface area contributed by atoms with Crippen LogP contribution in [0, 0.1) is 5.92 Å². The average molecular weight is 289 g/mol. The number of carboxylic acids is 1. The van der Waals surface area contributed by atoms with Crippen molar-refractivity contribution in [2.45, 2.75) is 45.6 Å². The van der Waals surface area contributed by atoms with Crippen LogP contribution in [0.4, 0.5) is 0 Å². The maximum absolute atomic E-state index is 12.6. The maximum Gasteiger partial charge on any atom is 0.326 e. The Bertz CT molecular complexity index is 509. The van der Waals surface area contributed by atoms with Gasteiger partial charge in [0.05, 0.1) is 0 Å². The van der Waals surface area contributed by atoms with E-state index < -0.39 is 12.0 Å². The highest BCUT2D eigenvalue weighted by atomic mass is 16.4. The van der Waals surface area contributed by atoms with Crippen LogP contribution in [0.25, 0.3) is 0 Å². The summed E-state index contributed by atoms with van der Waals surface area (Å²) in [7, 11) is 0. The quantitative estimate of drug-likeness (QED) is 0.927. The molecular weight excluding hydrogens is 266 g/mol. The topological polar surface area (TPSA) is 57.6 Å². The molecule has 1 amide bonds. The van der Waals surface area contributed by atoms with Crippen molar-refractivity contribution in [2.75, 3.05) is 6.54 Å². The lowest BCUT2D eigenvalue weighted by Crippen LogP contribution is -2.50. The molecule has 0 aliphatic carbocycles. The van der Waals surface area contributed by atoms with Crippen LogP contribution in [-0.4, -0.2) is 34.5 Å². The van der Waals surface area contributed by atoms with Crippen LogP contribution in [-0.2, 0) is 11.2 Å². The second-order valence-corrected chi connectivity index (χ2v) is 5.70.